The van der Waals surface area contributed by atoms with E-state index in [2.05, 4.69) is 0 Å². The van der Waals surface area contributed by atoms with Crippen LogP contribution in [-0.2, 0) is 23.8 Å². The van der Waals surface area contributed by atoms with Crippen molar-refractivity contribution < 1.29 is 23.8 Å². The first kappa shape index (κ1) is 9.98. The molecule has 0 amide bonds. The first-order valence-corrected chi connectivity index (χ1v) is 4.05. The molecule has 1 heterocycles. The van der Waals surface area contributed by atoms with Crippen LogP contribution in [0.5, 0.6) is 0 Å². The van der Waals surface area contributed by atoms with E-state index in [4.69, 9.17) is 14.2 Å². The molecule has 1 aliphatic rings. The zero-order valence-electron chi connectivity index (χ0n) is 7.61. The summed E-state index contributed by atoms with van der Waals surface area (Å²) in [7, 11) is 0. The second kappa shape index (κ2) is 4.23. The highest BCUT2D eigenvalue weighted by Crippen LogP contribution is 2.18. The highest BCUT2D eigenvalue weighted by molar-refractivity contribution is 5.67. The van der Waals surface area contributed by atoms with Crippen LogP contribution >= 0.6 is 0 Å². The van der Waals surface area contributed by atoms with E-state index in [0.717, 1.165) is 0 Å². The molecule has 0 aromatic heterocycles. The Hall–Kier alpha value is -1.10. The first-order valence-electron chi connectivity index (χ1n) is 4.05. The van der Waals surface area contributed by atoms with Crippen LogP contribution in [0, 0.1) is 0 Å². The van der Waals surface area contributed by atoms with E-state index in [1.54, 1.807) is 0 Å². The van der Waals surface area contributed by atoms with Crippen molar-refractivity contribution >= 4 is 11.9 Å². The molecule has 0 bridgehead atoms. The molecule has 13 heavy (non-hydrogen) atoms. The smallest absolute Gasteiger partial charge is 0.305 e. The minimum absolute atomic E-state index is 0.396. The number of hydrogen-bond acceptors (Lipinski definition) is 5. The molecule has 0 aromatic carbocycles. The summed E-state index contributed by atoms with van der Waals surface area (Å²) in [6, 6.07) is 0. The molecular formula is C8H12O5. The molecule has 2 atom stereocenters. The largest absolute Gasteiger partial charge is 0.456 e. The average Bonchev–Trinajstić information content (AvgIpc) is 2.34. The Bertz CT molecular complexity index is 191. The predicted octanol–water partition coefficient (Wildman–Crippen LogP) is 0.228. The first-order chi connectivity index (χ1) is 6.09. The van der Waals surface area contributed by atoms with E-state index in [0.29, 0.717) is 13.0 Å². The summed E-state index contributed by atoms with van der Waals surface area (Å²) in [6.07, 6.45) is -0.625. The Morgan fingerprint density at radius 2 is 1.85 bits per heavy atom. The molecular weight excluding hydrogens is 176 g/mol. The van der Waals surface area contributed by atoms with E-state index in [9.17, 15) is 9.59 Å². The van der Waals surface area contributed by atoms with E-state index < -0.39 is 24.3 Å². The van der Waals surface area contributed by atoms with Crippen molar-refractivity contribution in [2.75, 3.05) is 6.61 Å². The molecule has 0 saturated carbocycles. The standard InChI is InChI=1S/C8H12O5/c1-5(9)12-7-3-4-11-8(7)13-6(2)10/h7-8H,3-4H2,1-2H3/t7-,8+/m0/s1. The van der Waals surface area contributed by atoms with Crippen LogP contribution in [0.1, 0.15) is 20.3 Å². The predicted molar refractivity (Wildman–Crippen MR) is 41.7 cm³/mol. The van der Waals surface area contributed by atoms with E-state index >= 15 is 0 Å². The normalized spacial score (nSPS) is 26.9. The molecule has 0 N–H and O–H groups in total. The lowest BCUT2D eigenvalue weighted by Crippen LogP contribution is -2.30. The maximum atomic E-state index is 10.6. The summed E-state index contributed by atoms with van der Waals surface area (Å²) in [6.45, 7) is 3.03. The molecule has 5 heteroatoms. The lowest BCUT2D eigenvalue weighted by Gasteiger charge is -2.17. The molecule has 1 fully saturated rings. The fourth-order valence-corrected chi connectivity index (χ4v) is 1.14. The maximum Gasteiger partial charge on any atom is 0.305 e. The lowest BCUT2D eigenvalue weighted by atomic mass is 10.3. The molecule has 0 aliphatic carbocycles. The van der Waals surface area contributed by atoms with Gasteiger partial charge in [0.1, 0.15) is 0 Å². The van der Waals surface area contributed by atoms with Crippen molar-refractivity contribution in [3.8, 4) is 0 Å². The van der Waals surface area contributed by atoms with Gasteiger partial charge < -0.3 is 14.2 Å². The number of carbonyl (C=O) groups is 2. The maximum absolute atomic E-state index is 10.6. The van der Waals surface area contributed by atoms with Gasteiger partial charge >= 0.3 is 11.9 Å². The van der Waals surface area contributed by atoms with Gasteiger partial charge in [-0.1, -0.05) is 0 Å². The van der Waals surface area contributed by atoms with Crippen LogP contribution in [0.3, 0.4) is 0 Å². The third-order valence-electron chi connectivity index (χ3n) is 1.59. The zero-order valence-corrected chi connectivity index (χ0v) is 7.61. The third kappa shape index (κ3) is 3.02. The summed E-state index contributed by atoms with van der Waals surface area (Å²) >= 11 is 0. The Morgan fingerprint density at radius 1 is 1.23 bits per heavy atom. The molecule has 74 valence electrons. The van der Waals surface area contributed by atoms with Gasteiger partial charge in [0.2, 0.25) is 6.29 Å². The Labute approximate surface area is 76.0 Å². The van der Waals surface area contributed by atoms with Gasteiger partial charge in [0.05, 0.1) is 6.61 Å². The quantitative estimate of drug-likeness (QED) is 0.580. The van der Waals surface area contributed by atoms with Gasteiger partial charge in [-0.3, -0.25) is 9.59 Å². The molecule has 1 rings (SSSR count). The van der Waals surface area contributed by atoms with Crippen LogP contribution in [-0.4, -0.2) is 30.9 Å². The monoisotopic (exact) mass is 188 g/mol. The van der Waals surface area contributed by atoms with Gasteiger partial charge in [0.15, 0.2) is 6.10 Å². The summed E-state index contributed by atoms with van der Waals surface area (Å²) in [4.78, 5) is 21.2. The summed E-state index contributed by atoms with van der Waals surface area (Å²) in [5, 5.41) is 0. The van der Waals surface area contributed by atoms with Gasteiger partial charge in [-0.2, -0.15) is 0 Å². The molecule has 0 radical (unpaired) electrons. The van der Waals surface area contributed by atoms with Gasteiger partial charge in [0, 0.05) is 20.3 Å². The van der Waals surface area contributed by atoms with Crippen LogP contribution in [0.4, 0.5) is 0 Å². The zero-order chi connectivity index (χ0) is 9.84. The van der Waals surface area contributed by atoms with Crippen molar-refractivity contribution in [3.63, 3.8) is 0 Å². The van der Waals surface area contributed by atoms with E-state index in [1.165, 1.54) is 13.8 Å². The van der Waals surface area contributed by atoms with Crippen molar-refractivity contribution in [2.24, 2.45) is 0 Å². The third-order valence-corrected chi connectivity index (χ3v) is 1.59. The van der Waals surface area contributed by atoms with E-state index in [-0.39, 0.29) is 0 Å². The molecule has 0 unspecified atom stereocenters. The topological polar surface area (TPSA) is 61.8 Å². The van der Waals surface area contributed by atoms with Crippen LogP contribution in [0.2, 0.25) is 0 Å². The molecule has 0 aromatic rings. The average molecular weight is 188 g/mol. The van der Waals surface area contributed by atoms with Gasteiger partial charge in [-0.25, -0.2) is 0 Å². The summed E-state index contributed by atoms with van der Waals surface area (Å²) in [5.41, 5.74) is 0. The highest BCUT2D eigenvalue weighted by Gasteiger charge is 2.33. The van der Waals surface area contributed by atoms with Gasteiger partial charge in [-0.05, 0) is 0 Å². The molecule has 5 nitrogen and oxygen atoms in total. The summed E-state index contributed by atoms with van der Waals surface area (Å²) < 4.78 is 14.7. The highest BCUT2D eigenvalue weighted by atomic mass is 16.7. The van der Waals surface area contributed by atoms with Gasteiger partial charge in [-0.15, -0.1) is 0 Å². The van der Waals surface area contributed by atoms with Crippen LogP contribution in [0.25, 0.3) is 0 Å². The SMILES string of the molecule is CC(=O)O[C@H]1OCC[C@@H]1OC(C)=O. The Kier molecular flexibility index (Phi) is 3.25. The minimum atomic E-state index is -0.735. The number of ether oxygens (including phenoxy) is 3. The van der Waals surface area contributed by atoms with Crippen molar-refractivity contribution in [1.29, 1.82) is 0 Å². The van der Waals surface area contributed by atoms with Crippen molar-refractivity contribution in [3.05, 3.63) is 0 Å². The second-order valence-electron chi connectivity index (χ2n) is 2.79. The second-order valence-corrected chi connectivity index (χ2v) is 2.79. The van der Waals surface area contributed by atoms with E-state index in [1.807, 2.05) is 0 Å². The van der Waals surface area contributed by atoms with Gasteiger partial charge in [0.25, 0.3) is 0 Å². The number of carbonyl (C=O) groups excluding carboxylic acids is 2. The Balaban J connectivity index is 2.43. The van der Waals surface area contributed by atoms with Crippen LogP contribution in [0.15, 0.2) is 0 Å². The number of rotatable bonds is 2. The Morgan fingerprint density at radius 3 is 2.38 bits per heavy atom. The van der Waals surface area contributed by atoms with Crippen molar-refractivity contribution in [2.45, 2.75) is 32.7 Å². The van der Waals surface area contributed by atoms with Crippen LogP contribution < -0.4 is 0 Å². The molecule has 1 saturated heterocycles. The molecule has 1 aliphatic heterocycles. The lowest BCUT2D eigenvalue weighted by molar-refractivity contribution is -0.189. The minimum Gasteiger partial charge on any atom is -0.456 e. The fraction of sp³-hybridized carbons (Fsp3) is 0.750. The fourth-order valence-electron chi connectivity index (χ4n) is 1.14. The number of esters is 2. The number of hydrogen-bond donors (Lipinski definition) is 0. The summed E-state index contributed by atoms with van der Waals surface area (Å²) in [5.74, 6) is -0.836. The molecule has 0 spiro atoms. The van der Waals surface area contributed by atoms with Crippen molar-refractivity contribution in [1.82, 2.24) is 0 Å².